The summed E-state index contributed by atoms with van der Waals surface area (Å²) >= 11 is 5.82. The Morgan fingerprint density at radius 3 is 2.17 bits per heavy atom. The average Bonchev–Trinajstić information content (AvgIpc) is 3.00. The van der Waals surface area contributed by atoms with E-state index in [9.17, 15) is 13.5 Å². The third-order valence-corrected chi connectivity index (χ3v) is 6.99. The highest BCUT2D eigenvalue weighted by Gasteiger charge is 2.38. The quantitative estimate of drug-likeness (QED) is 0.893. The molecule has 2 aliphatic heterocycles. The van der Waals surface area contributed by atoms with Gasteiger partial charge in [-0.2, -0.15) is 4.31 Å². The van der Waals surface area contributed by atoms with Crippen LogP contribution in [0, 0.1) is 0 Å². The normalized spacial score (nSPS) is 23.2. The molecule has 128 valence electrons. The van der Waals surface area contributed by atoms with Crippen molar-refractivity contribution < 1.29 is 13.5 Å². The van der Waals surface area contributed by atoms with Gasteiger partial charge in [-0.25, -0.2) is 8.42 Å². The second-order valence-corrected chi connectivity index (χ2v) is 8.94. The summed E-state index contributed by atoms with van der Waals surface area (Å²) in [6, 6.07) is 6.23. The maximum absolute atomic E-state index is 12.6. The molecule has 2 fully saturated rings. The van der Waals surface area contributed by atoms with Crippen LogP contribution < -0.4 is 0 Å². The molecule has 2 aliphatic rings. The van der Waals surface area contributed by atoms with Crippen molar-refractivity contribution in [2.75, 3.05) is 32.7 Å². The first-order chi connectivity index (χ1) is 10.9. The molecule has 1 N–H and O–H groups in total. The van der Waals surface area contributed by atoms with Crippen LogP contribution in [0.1, 0.15) is 25.7 Å². The zero-order valence-electron chi connectivity index (χ0n) is 13.1. The first-order valence-corrected chi connectivity index (χ1v) is 9.91. The molecule has 2 saturated heterocycles. The number of sulfonamides is 1. The van der Waals surface area contributed by atoms with Crippen LogP contribution in [0.25, 0.3) is 0 Å². The smallest absolute Gasteiger partial charge is 0.243 e. The average molecular weight is 359 g/mol. The SMILES string of the molecule is O=S(=O)(c1ccc(Cl)cc1)N1CCC(O)(CN2CCCC2)CC1. The van der Waals surface area contributed by atoms with Crippen molar-refractivity contribution in [3.05, 3.63) is 29.3 Å². The predicted octanol–water partition coefficient (Wildman–Crippen LogP) is 1.95. The molecule has 0 radical (unpaired) electrons. The lowest BCUT2D eigenvalue weighted by atomic mass is 9.92. The van der Waals surface area contributed by atoms with Crippen LogP contribution in [0.4, 0.5) is 0 Å². The number of β-amino-alcohol motifs (C(OH)–C–C–N with tert-alkyl or cyclic N) is 1. The van der Waals surface area contributed by atoms with Gasteiger partial charge in [-0.1, -0.05) is 11.6 Å². The molecule has 0 saturated carbocycles. The van der Waals surface area contributed by atoms with Crippen molar-refractivity contribution in [3.8, 4) is 0 Å². The Kier molecular flexibility index (Phi) is 4.99. The summed E-state index contributed by atoms with van der Waals surface area (Å²) < 4.78 is 26.8. The fraction of sp³-hybridized carbons (Fsp3) is 0.625. The molecule has 2 heterocycles. The van der Waals surface area contributed by atoms with E-state index in [1.807, 2.05) is 0 Å². The van der Waals surface area contributed by atoms with Gasteiger partial charge in [0.25, 0.3) is 0 Å². The van der Waals surface area contributed by atoms with Gasteiger partial charge in [0, 0.05) is 24.7 Å². The van der Waals surface area contributed by atoms with E-state index in [4.69, 9.17) is 11.6 Å². The van der Waals surface area contributed by atoms with E-state index in [2.05, 4.69) is 4.90 Å². The van der Waals surface area contributed by atoms with Gasteiger partial charge < -0.3 is 10.0 Å². The van der Waals surface area contributed by atoms with Crippen LogP contribution in [0.15, 0.2) is 29.2 Å². The van der Waals surface area contributed by atoms with Crippen LogP contribution >= 0.6 is 11.6 Å². The van der Waals surface area contributed by atoms with Crippen LogP contribution in [0.2, 0.25) is 5.02 Å². The van der Waals surface area contributed by atoms with E-state index in [1.165, 1.54) is 29.3 Å². The number of aliphatic hydroxyl groups is 1. The number of rotatable bonds is 4. The summed E-state index contributed by atoms with van der Waals surface area (Å²) in [7, 11) is -3.51. The maximum atomic E-state index is 12.6. The molecule has 23 heavy (non-hydrogen) atoms. The Labute approximate surface area is 142 Å². The Balaban J connectivity index is 1.64. The third kappa shape index (κ3) is 3.88. The highest BCUT2D eigenvalue weighted by atomic mass is 35.5. The van der Waals surface area contributed by atoms with Gasteiger partial charge in [0.2, 0.25) is 10.0 Å². The van der Waals surface area contributed by atoms with Crippen molar-refractivity contribution in [1.82, 2.24) is 9.21 Å². The zero-order valence-corrected chi connectivity index (χ0v) is 14.7. The van der Waals surface area contributed by atoms with Gasteiger partial charge in [-0.3, -0.25) is 0 Å². The van der Waals surface area contributed by atoms with Crippen molar-refractivity contribution in [2.24, 2.45) is 0 Å². The lowest BCUT2D eigenvalue weighted by Crippen LogP contribution is -2.51. The van der Waals surface area contributed by atoms with E-state index in [-0.39, 0.29) is 4.90 Å². The molecule has 3 rings (SSSR count). The molecular formula is C16H23ClN2O3S. The second-order valence-electron chi connectivity index (χ2n) is 6.57. The van der Waals surface area contributed by atoms with Crippen LogP contribution in [-0.4, -0.2) is 61.1 Å². The largest absolute Gasteiger partial charge is 0.388 e. The fourth-order valence-electron chi connectivity index (χ4n) is 3.41. The van der Waals surface area contributed by atoms with Crippen molar-refractivity contribution in [2.45, 2.75) is 36.2 Å². The van der Waals surface area contributed by atoms with Gasteiger partial charge >= 0.3 is 0 Å². The van der Waals surface area contributed by atoms with Gasteiger partial charge in [-0.15, -0.1) is 0 Å². The number of piperidine rings is 1. The number of hydrogen-bond acceptors (Lipinski definition) is 4. The molecule has 7 heteroatoms. The molecule has 5 nitrogen and oxygen atoms in total. The summed E-state index contributed by atoms with van der Waals surface area (Å²) in [5.41, 5.74) is -0.768. The van der Waals surface area contributed by atoms with Crippen LogP contribution in [0.5, 0.6) is 0 Å². The van der Waals surface area contributed by atoms with Crippen LogP contribution in [0.3, 0.4) is 0 Å². The molecule has 0 bridgehead atoms. The van der Waals surface area contributed by atoms with Gasteiger partial charge in [0.1, 0.15) is 0 Å². The standard InChI is InChI=1S/C16H23ClN2O3S/c17-14-3-5-15(6-4-14)23(21,22)19-11-7-16(20,8-12-19)13-18-9-1-2-10-18/h3-6,20H,1-2,7-13H2. The van der Waals surface area contributed by atoms with Crippen molar-refractivity contribution in [3.63, 3.8) is 0 Å². The number of likely N-dealkylation sites (tertiary alicyclic amines) is 1. The minimum atomic E-state index is -3.51. The lowest BCUT2D eigenvalue weighted by molar-refractivity contribution is -0.0284. The Morgan fingerprint density at radius 2 is 1.61 bits per heavy atom. The zero-order chi connectivity index (χ0) is 16.5. The first kappa shape index (κ1) is 17.2. The van der Waals surface area contributed by atoms with E-state index in [1.54, 1.807) is 12.1 Å². The van der Waals surface area contributed by atoms with E-state index in [0.29, 0.717) is 37.5 Å². The molecule has 1 aromatic rings. The highest BCUT2D eigenvalue weighted by Crippen LogP contribution is 2.28. The topological polar surface area (TPSA) is 60.9 Å². The van der Waals surface area contributed by atoms with E-state index < -0.39 is 15.6 Å². The fourth-order valence-corrected chi connectivity index (χ4v) is 4.98. The molecule has 1 aromatic carbocycles. The molecule has 0 spiro atoms. The van der Waals surface area contributed by atoms with Gasteiger partial charge in [-0.05, 0) is 63.0 Å². The third-order valence-electron chi connectivity index (χ3n) is 4.82. The van der Waals surface area contributed by atoms with E-state index >= 15 is 0 Å². The monoisotopic (exact) mass is 358 g/mol. The van der Waals surface area contributed by atoms with Crippen LogP contribution in [-0.2, 0) is 10.0 Å². The highest BCUT2D eigenvalue weighted by molar-refractivity contribution is 7.89. The molecule has 0 atom stereocenters. The predicted molar refractivity (Wildman–Crippen MR) is 90.1 cm³/mol. The number of halogens is 1. The summed E-state index contributed by atoms with van der Waals surface area (Å²) in [6.45, 7) is 3.44. The maximum Gasteiger partial charge on any atom is 0.243 e. The number of nitrogens with zero attached hydrogens (tertiary/aromatic N) is 2. The second kappa shape index (κ2) is 6.69. The Hall–Kier alpha value is -0.660. The van der Waals surface area contributed by atoms with E-state index in [0.717, 1.165) is 13.1 Å². The summed E-state index contributed by atoms with van der Waals surface area (Å²) in [6.07, 6.45) is 3.34. The minimum absolute atomic E-state index is 0.256. The molecular weight excluding hydrogens is 336 g/mol. The molecule has 0 aliphatic carbocycles. The number of benzene rings is 1. The lowest BCUT2D eigenvalue weighted by Gasteiger charge is -2.39. The summed E-state index contributed by atoms with van der Waals surface area (Å²) in [4.78, 5) is 2.54. The Morgan fingerprint density at radius 1 is 1.04 bits per heavy atom. The summed E-state index contributed by atoms with van der Waals surface area (Å²) in [5.74, 6) is 0. The van der Waals surface area contributed by atoms with Gasteiger partial charge in [0.05, 0.1) is 10.5 Å². The van der Waals surface area contributed by atoms with Gasteiger partial charge in [0.15, 0.2) is 0 Å². The van der Waals surface area contributed by atoms with Crippen molar-refractivity contribution in [1.29, 1.82) is 0 Å². The molecule has 0 unspecified atom stereocenters. The minimum Gasteiger partial charge on any atom is -0.388 e. The molecule has 0 amide bonds. The van der Waals surface area contributed by atoms with Crippen molar-refractivity contribution >= 4 is 21.6 Å². The Bertz CT molecular complexity index is 634. The summed E-state index contributed by atoms with van der Waals surface area (Å²) in [5, 5.41) is 11.3. The molecule has 0 aromatic heterocycles. The first-order valence-electron chi connectivity index (χ1n) is 8.10. The number of hydrogen-bond donors (Lipinski definition) is 1.